The monoisotopic (exact) mass is 286 g/mol. The third-order valence-electron chi connectivity index (χ3n) is 2.18. The van der Waals surface area contributed by atoms with Crippen LogP contribution in [0.4, 0.5) is 0 Å². The molecule has 0 aliphatic carbocycles. The van der Waals surface area contributed by atoms with Gasteiger partial charge in [0.1, 0.15) is 10.9 Å². The first-order valence-corrected chi connectivity index (χ1v) is 7.08. The molecule has 2 heterocycles. The lowest BCUT2D eigenvalue weighted by molar-refractivity contribution is 0.949. The molecule has 0 spiro atoms. The molecule has 0 unspecified atom stereocenters. The lowest BCUT2D eigenvalue weighted by Crippen LogP contribution is -1.95. The predicted octanol–water partition coefficient (Wildman–Crippen LogP) is 3.31. The zero-order valence-electron chi connectivity index (χ0n) is 9.69. The van der Waals surface area contributed by atoms with E-state index in [1.807, 2.05) is 20.8 Å². The fraction of sp³-hybridized carbons (Fsp3) is 0.400. The Bertz CT molecular complexity index is 541. The number of hydrogen-bond donors (Lipinski definition) is 0. The summed E-state index contributed by atoms with van der Waals surface area (Å²) < 4.78 is 5.07. The van der Waals surface area contributed by atoms with Gasteiger partial charge in [0.05, 0.1) is 11.4 Å². The number of nitrogens with zero attached hydrogens (tertiary/aromatic N) is 4. The van der Waals surface area contributed by atoms with Crippen molar-refractivity contribution in [2.24, 2.45) is 0 Å². The van der Waals surface area contributed by atoms with Crippen molar-refractivity contribution in [3.8, 4) is 0 Å². The molecule has 0 radical (unpaired) electrons. The molecule has 2 aromatic heterocycles. The maximum absolute atomic E-state index is 6.05. The van der Waals surface area contributed by atoms with Crippen LogP contribution in [0, 0.1) is 13.8 Å². The van der Waals surface area contributed by atoms with Crippen LogP contribution < -0.4 is 0 Å². The Morgan fingerprint density at radius 1 is 1.18 bits per heavy atom. The summed E-state index contributed by atoms with van der Waals surface area (Å²) in [5.41, 5.74) is 1.74. The van der Waals surface area contributed by atoms with E-state index >= 15 is 0 Å². The quantitative estimate of drug-likeness (QED) is 0.866. The summed E-state index contributed by atoms with van der Waals surface area (Å²) in [6, 6.07) is 0. The summed E-state index contributed by atoms with van der Waals surface area (Å²) in [4.78, 5) is 13.0. The molecular weight excluding hydrogens is 276 g/mol. The second kappa shape index (κ2) is 5.29. The molecule has 0 N–H and O–H groups in total. The summed E-state index contributed by atoms with van der Waals surface area (Å²) in [5, 5.41) is 1.11. The van der Waals surface area contributed by atoms with Crippen molar-refractivity contribution >= 4 is 34.9 Å². The van der Waals surface area contributed by atoms with Gasteiger partial charge in [0.2, 0.25) is 0 Å². The van der Waals surface area contributed by atoms with Gasteiger partial charge in [-0.1, -0.05) is 18.5 Å². The van der Waals surface area contributed by atoms with Crippen LogP contribution in [0.25, 0.3) is 0 Å². The highest BCUT2D eigenvalue weighted by Gasteiger charge is 2.11. The van der Waals surface area contributed by atoms with Crippen LogP contribution in [0.15, 0.2) is 9.37 Å². The third-order valence-corrected chi connectivity index (χ3v) is 4.33. The minimum absolute atomic E-state index is 0.423. The SMILES string of the molecule is CCc1nsc(Sc2nc(C)c(C)nc2Cl)n1. The molecule has 2 aromatic rings. The Balaban J connectivity index is 2.26. The zero-order valence-corrected chi connectivity index (χ0v) is 12.1. The van der Waals surface area contributed by atoms with Crippen LogP contribution >= 0.6 is 34.9 Å². The summed E-state index contributed by atoms with van der Waals surface area (Å²) in [6.45, 7) is 5.84. The van der Waals surface area contributed by atoms with Gasteiger partial charge in [-0.3, -0.25) is 0 Å². The first-order valence-electron chi connectivity index (χ1n) is 5.11. The Hall–Kier alpha value is -0.720. The van der Waals surface area contributed by atoms with Gasteiger partial charge in [-0.05, 0) is 37.1 Å². The summed E-state index contributed by atoms with van der Waals surface area (Å²) >= 11 is 8.83. The van der Waals surface area contributed by atoms with Gasteiger partial charge in [-0.25, -0.2) is 15.0 Å². The van der Waals surface area contributed by atoms with Crippen LogP contribution in [0.1, 0.15) is 24.1 Å². The molecule has 90 valence electrons. The van der Waals surface area contributed by atoms with Crippen molar-refractivity contribution in [2.45, 2.75) is 36.6 Å². The van der Waals surface area contributed by atoms with E-state index in [2.05, 4.69) is 19.3 Å². The molecule has 2 rings (SSSR count). The fourth-order valence-electron chi connectivity index (χ4n) is 1.13. The number of rotatable bonds is 3. The number of aromatic nitrogens is 4. The van der Waals surface area contributed by atoms with Gasteiger partial charge in [0.25, 0.3) is 0 Å². The molecule has 0 aromatic carbocycles. The van der Waals surface area contributed by atoms with E-state index < -0.39 is 0 Å². The maximum atomic E-state index is 6.05. The van der Waals surface area contributed by atoms with Crippen LogP contribution in [-0.2, 0) is 6.42 Å². The molecular formula is C10H11ClN4S2. The third kappa shape index (κ3) is 2.94. The van der Waals surface area contributed by atoms with E-state index in [4.69, 9.17) is 11.6 Å². The van der Waals surface area contributed by atoms with Crippen LogP contribution in [0.5, 0.6) is 0 Å². The van der Waals surface area contributed by atoms with Crippen molar-refractivity contribution in [3.05, 3.63) is 22.4 Å². The van der Waals surface area contributed by atoms with E-state index in [-0.39, 0.29) is 0 Å². The van der Waals surface area contributed by atoms with Crippen molar-refractivity contribution in [3.63, 3.8) is 0 Å². The van der Waals surface area contributed by atoms with Gasteiger partial charge < -0.3 is 0 Å². The van der Waals surface area contributed by atoms with Gasteiger partial charge in [0.15, 0.2) is 9.49 Å². The van der Waals surface area contributed by atoms with Crippen molar-refractivity contribution in [2.75, 3.05) is 0 Å². The van der Waals surface area contributed by atoms with Gasteiger partial charge in [-0.15, -0.1) is 0 Å². The summed E-state index contributed by atoms with van der Waals surface area (Å²) in [5.74, 6) is 0.852. The molecule has 7 heteroatoms. The van der Waals surface area contributed by atoms with Gasteiger partial charge >= 0.3 is 0 Å². The summed E-state index contributed by atoms with van der Waals surface area (Å²) in [6.07, 6.45) is 0.837. The number of halogens is 1. The molecule has 4 nitrogen and oxygen atoms in total. The second-order valence-corrected chi connectivity index (χ2v) is 5.77. The average molecular weight is 287 g/mol. The van der Waals surface area contributed by atoms with E-state index in [9.17, 15) is 0 Å². The first-order chi connectivity index (χ1) is 8.10. The first kappa shape index (κ1) is 12.7. The Kier molecular flexibility index (Phi) is 3.96. The highest BCUT2D eigenvalue weighted by molar-refractivity contribution is 8.01. The molecule has 0 saturated carbocycles. The smallest absolute Gasteiger partial charge is 0.176 e. The predicted molar refractivity (Wildman–Crippen MR) is 69.9 cm³/mol. The summed E-state index contributed by atoms with van der Waals surface area (Å²) in [7, 11) is 0. The molecule has 0 fully saturated rings. The van der Waals surface area contributed by atoms with Crippen LogP contribution in [-0.4, -0.2) is 19.3 Å². The molecule has 0 bridgehead atoms. The van der Waals surface area contributed by atoms with Crippen molar-refractivity contribution in [1.29, 1.82) is 0 Å². The Morgan fingerprint density at radius 2 is 1.88 bits per heavy atom. The molecule has 0 atom stereocenters. The van der Waals surface area contributed by atoms with E-state index in [1.54, 1.807) is 0 Å². The van der Waals surface area contributed by atoms with Gasteiger partial charge in [0, 0.05) is 6.42 Å². The van der Waals surface area contributed by atoms with Crippen LogP contribution in [0.2, 0.25) is 5.15 Å². The molecule has 0 aliphatic rings. The molecule has 17 heavy (non-hydrogen) atoms. The van der Waals surface area contributed by atoms with E-state index in [1.165, 1.54) is 23.3 Å². The maximum Gasteiger partial charge on any atom is 0.176 e. The zero-order chi connectivity index (χ0) is 12.4. The topological polar surface area (TPSA) is 51.6 Å². The van der Waals surface area contributed by atoms with Crippen molar-refractivity contribution < 1.29 is 0 Å². The average Bonchev–Trinajstić information content (AvgIpc) is 2.73. The Labute approximate surface area is 113 Å². The normalized spacial score (nSPS) is 10.8. The van der Waals surface area contributed by atoms with E-state index in [0.29, 0.717) is 10.2 Å². The minimum atomic E-state index is 0.423. The fourth-order valence-corrected chi connectivity index (χ4v) is 3.04. The Morgan fingerprint density at radius 3 is 2.53 bits per heavy atom. The molecule has 0 aliphatic heterocycles. The largest absolute Gasteiger partial charge is 0.241 e. The number of hydrogen-bond acceptors (Lipinski definition) is 6. The van der Waals surface area contributed by atoms with Crippen molar-refractivity contribution in [1.82, 2.24) is 19.3 Å². The molecule has 0 saturated heterocycles. The van der Waals surface area contributed by atoms with E-state index in [0.717, 1.165) is 28.0 Å². The molecule has 0 amide bonds. The second-order valence-electron chi connectivity index (χ2n) is 3.42. The highest BCUT2D eigenvalue weighted by Crippen LogP contribution is 2.32. The van der Waals surface area contributed by atoms with Gasteiger partial charge in [-0.2, -0.15) is 4.37 Å². The minimum Gasteiger partial charge on any atom is -0.241 e. The lowest BCUT2D eigenvalue weighted by Gasteiger charge is -2.03. The standard InChI is InChI=1S/C10H11ClN4S2/c1-4-7-14-10(17-15-7)16-9-8(11)12-5(2)6(3)13-9/h4H2,1-3H3. The van der Waals surface area contributed by atoms with Crippen LogP contribution in [0.3, 0.4) is 0 Å². The lowest BCUT2D eigenvalue weighted by atomic mass is 10.4. The highest BCUT2D eigenvalue weighted by atomic mass is 35.5. The number of aryl methyl sites for hydroxylation is 3.